The van der Waals surface area contributed by atoms with Crippen molar-refractivity contribution < 1.29 is 4.79 Å². The largest absolute Gasteiger partial charge is 0.347 e. The number of likely N-dealkylation sites (N-methyl/N-ethyl adjacent to an activating group) is 1. The lowest BCUT2D eigenvalue weighted by Crippen LogP contribution is -2.57. The smallest absolute Gasteiger partial charge is 0.261 e. The molecule has 3 aliphatic heterocycles. The van der Waals surface area contributed by atoms with Crippen LogP contribution in [-0.2, 0) is 6.42 Å². The highest BCUT2D eigenvalue weighted by molar-refractivity contribution is 7.14. The van der Waals surface area contributed by atoms with Gasteiger partial charge in [-0.25, -0.2) is 0 Å². The minimum atomic E-state index is 0.108. The second-order valence-electron chi connectivity index (χ2n) is 6.52. The fourth-order valence-corrected chi connectivity index (χ4v) is 4.64. The van der Waals surface area contributed by atoms with Crippen LogP contribution in [-0.4, -0.2) is 50.1 Å². The van der Waals surface area contributed by atoms with Crippen molar-refractivity contribution in [1.82, 2.24) is 15.5 Å². The van der Waals surface area contributed by atoms with Crippen molar-refractivity contribution in [3.63, 3.8) is 0 Å². The predicted octanol–water partition coefficient (Wildman–Crippen LogP) is 2.37. The molecule has 1 aromatic heterocycles. The molecule has 0 radical (unpaired) electrons. The molecule has 3 aliphatic rings. The van der Waals surface area contributed by atoms with Crippen LogP contribution in [0.3, 0.4) is 0 Å². The molecule has 5 heteroatoms. The molecular formula is C18H27N3OS. The second-order valence-corrected chi connectivity index (χ2v) is 7.66. The minimum Gasteiger partial charge on any atom is -0.347 e. The van der Waals surface area contributed by atoms with Crippen molar-refractivity contribution in [3.05, 3.63) is 27.5 Å². The van der Waals surface area contributed by atoms with Gasteiger partial charge < -0.3 is 15.5 Å². The highest BCUT2D eigenvalue weighted by atomic mass is 32.1. The summed E-state index contributed by atoms with van der Waals surface area (Å²) in [5, 5.41) is 6.40. The summed E-state index contributed by atoms with van der Waals surface area (Å²) in [4.78, 5) is 17.3. The van der Waals surface area contributed by atoms with Gasteiger partial charge in [-0.3, -0.25) is 4.79 Å². The van der Waals surface area contributed by atoms with E-state index in [9.17, 15) is 4.79 Å². The monoisotopic (exact) mass is 333 g/mol. The van der Waals surface area contributed by atoms with E-state index in [1.807, 2.05) is 13.1 Å². The van der Waals surface area contributed by atoms with E-state index in [0.717, 1.165) is 24.4 Å². The number of rotatable bonds is 6. The number of aryl methyl sites for hydroxylation is 1. The lowest BCUT2D eigenvalue weighted by Gasteiger charge is -2.44. The van der Waals surface area contributed by atoms with Crippen LogP contribution in [0, 0.1) is 5.92 Å². The first kappa shape index (κ1) is 16.7. The van der Waals surface area contributed by atoms with Crippen LogP contribution in [0.2, 0.25) is 0 Å². The molecule has 0 saturated carbocycles. The first-order chi connectivity index (χ1) is 11.2. The summed E-state index contributed by atoms with van der Waals surface area (Å²) in [5.41, 5.74) is 1.19. The Balaban J connectivity index is 1.67. The van der Waals surface area contributed by atoms with Gasteiger partial charge in [0.1, 0.15) is 0 Å². The summed E-state index contributed by atoms with van der Waals surface area (Å²) in [7, 11) is 1.94. The summed E-state index contributed by atoms with van der Waals surface area (Å²) in [6, 6.07) is 2.38. The van der Waals surface area contributed by atoms with Crippen molar-refractivity contribution in [2.45, 2.75) is 32.2 Å². The maximum absolute atomic E-state index is 12.6. The summed E-state index contributed by atoms with van der Waals surface area (Å²) in [6.45, 7) is 6.43. The van der Waals surface area contributed by atoms with Gasteiger partial charge in [0.2, 0.25) is 0 Å². The van der Waals surface area contributed by atoms with Crippen molar-refractivity contribution in [3.8, 4) is 0 Å². The van der Waals surface area contributed by atoms with E-state index in [0.29, 0.717) is 12.0 Å². The maximum atomic E-state index is 12.6. The number of carbonyl (C=O) groups excluding carboxylic acids is 1. The molecule has 0 spiro atoms. The number of hydrogen-bond donors (Lipinski definition) is 2. The van der Waals surface area contributed by atoms with E-state index in [1.165, 1.54) is 36.4 Å². The van der Waals surface area contributed by atoms with Gasteiger partial charge in [0, 0.05) is 24.0 Å². The van der Waals surface area contributed by atoms with Crippen LogP contribution in [0.5, 0.6) is 0 Å². The fourth-order valence-electron chi connectivity index (χ4n) is 3.64. The topological polar surface area (TPSA) is 44.4 Å². The van der Waals surface area contributed by atoms with Crippen LogP contribution < -0.4 is 10.6 Å². The Morgan fingerprint density at radius 2 is 2.22 bits per heavy atom. The SMILES string of the molecule is CCc1sc(C(=O)N[C@H]2CN3CCC2CC3)cc1/C=C\CNC. The molecule has 0 aliphatic carbocycles. The predicted molar refractivity (Wildman–Crippen MR) is 97.1 cm³/mol. The van der Waals surface area contributed by atoms with Crippen LogP contribution in [0.25, 0.3) is 6.08 Å². The Bertz CT molecular complexity index is 573. The number of fused-ring (bicyclic) bond motifs is 3. The average molecular weight is 334 g/mol. The summed E-state index contributed by atoms with van der Waals surface area (Å²) in [5.74, 6) is 0.779. The molecule has 1 atom stereocenters. The van der Waals surface area contributed by atoms with Crippen LogP contribution in [0.15, 0.2) is 12.1 Å². The van der Waals surface area contributed by atoms with Crippen LogP contribution in [0.4, 0.5) is 0 Å². The zero-order chi connectivity index (χ0) is 16.2. The van der Waals surface area contributed by atoms with Gasteiger partial charge in [-0.05, 0) is 56.9 Å². The van der Waals surface area contributed by atoms with E-state index in [1.54, 1.807) is 11.3 Å². The van der Waals surface area contributed by atoms with Gasteiger partial charge in [0.25, 0.3) is 5.91 Å². The molecule has 0 unspecified atom stereocenters. The maximum Gasteiger partial charge on any atom is 0.261 e. The van der Waals surface area contributed by atoms with E-state index in [2.05, 4.69) is 34.6 Å². The van der Waals surface area contributed by atoms with Gasteiger partial charge in [-0.15, -0.1) is 11.3 Å². The molecule has 3 fully saturated rings. The molecule has 1 aromatic rings. The number of carbonyl (C=O) groups is 1. The van der Waals surface area contributed by atoms with Gasteiger partial charge in [-0.2, -0.15) is 0 Å². The Hall–Kier alpha value is -1.17. The number of thiophene rings is 1. The number of nitrogens with one attached hydrogen (secondary N) is 2. The van der Waals surface area contributed by atoms with E-state index in [-0.39, 0.29) is 5.91 Å². The molecule has 126 valence electrons. The summed E-state index contributed by atoms with van der Waals surface area (Å²) < 4.78 is 0. The first-order valence-corrected chi connectivity index (χ1v) is 9.50. The zero-order valence-electron chi connectivity index (χ0n) is 14.1. The second kappa shape index (κ2) is 7.60. The number of piperidine rings is 3. The van der Waals surface area contributed by atoms with Gasteiger partial charge in [-0.1, -0.05) is 19.1 Å². The fraction of sp³-hybridized carbons (Fsp3) is 0.611. The lowest BCUT2D eigenvalue weighted by atomic mass is 9.84. The molecule has 4 heterocycles. The Morgan fingerprint density at radius 1 is 1.43 bits per heavy atom. The summed E-state index contributed by atoms with van der Waals surface area (Å²) >= 11 is 1.64. The first-order valence-electron chi connectivity index (χ1n) is 8.68. The molecule has 2 N–H and O–H groups in total. The average Bonchev–Trinajstić information content (AvgIpc) is 3.00. The molecule has 0 aromatic carbocycles. The Kier molecular flexibility index (Phi) is 5.51. The normalized spacial score (nSPS) is 26.8. The highest BCUT2D eigenvalue weighted by Crippen LogP contribution is 2.29. The lowest BCUT2D eigenvalue weighted by molar-refractivity contribution is 0.0622. The minimum absolute atomic E-state index is 0.108. The number of amides is 1. The third-order valence-corrected chi connectivity index (χ3v) is 6.27. The van der Waals surface area contributed by atoms with Crippen molar-refractivity contribution >= 4 is 23.3 Å². The molecule has 4 nitrogen and oxygen atoms in total. The molecule has 3 saturated heterocycles. The number of hydrogen-bond acceptors (Lipinski definition) is 4. The molecular weight excluding hydrogens is 306 g/mol. The third kappa shape index (κ3) is 3.84. The Morgan fingerprint density at radius 3 is 2.83 bits per heavy atom. The van der Waals surface area contributed by atoms with E-state index >= 15 is 0 Å². The van der Waals surface area contributed by atoms with Crippen LogP contribution >= 0.6 is 11.3 Å². The molecule has 23 heavy (non-hydrogen) atoms. The van der Waals surface area contributed by atoms with E-state index in [4.69, 9.17) is 0 Å². The Labute approximate surface area is 143 Å². The van der Waals surface area contributed by atoms with Crippen molar-refractivity contribution in [2.24, 2.45) is 5.92 Å². The summed E-state index contributed by atoms with van der Waals surface area (Å²) in [6.07, 6.45) is 7.66. The zero-order valence-corrected chi connectivity index (χ0v) is 14.9. The standard InChI is InChI=1S/C18H27N3OS/c1-3-16-14(5-4-8-19-2)11-17(23-16)18(22)20-15-12-21-9-6-13(15)7-10-21/h4-5,11,13,15,19H,3,6-10,12H2,1-2H3,(H,20,22)/b5-4-/t15-/m0/s1. The van der Waals surface area contributed by atoms with E-state index < -0.39 is 0 Å². The molecule has 2 bridgehead atoms. The third-order valence-electron chi connectivity index (χ3n) is 4.98. The van der Waals surface area contributed by atoms with Crippen LogP contribution in [0.1, 0.15) is 39.9 Å². The molecule has 1 amide bonds. The van der Waals surface area contributed by atoms with Gasteiger partial charge >= 0.3 is 0 Å². The van der Waals surface area contributed by atoms with Gasteiger partial charge in [0.15, 0.2) is 0 Å². The quantitative estimate of drug-likeness (QED) is 0.840. The highest BCUT2D eigenvalue weighted by Gasteiger charge is 2.35. The van der Waals surface area contributed by atoms with Gasteiger partial charge in [0.05, 0.1) is 4.88 Å². The van der Waals surface area contributed by atoms with Crippen molar-refractivity contribution in [2.75, 3.05) is 33.2 Å². The number of nitrogens with zero attached hydrogens (tertiary/aromatic N) is 1. The van der Waals surface area contributed by atoms with Crippen molar-refractivity contribution in [1.29, 1.82) is 0 Å². The molecule has 4 rings (SSSR count).